The number of ether oxygens (including phenoxy) is 3. The topological polar surface area (TPSA) is 40.0 Å². The number of benzene rings is 3. The monoisotopic (exact) mass is 419 g/mol. The maximum absolute atomic E-state index is 14.6. The molecule has 0 saturated heterocycles. The summed E-state index contributed by atoms with van der Waals surface area (Å²) in [6.45, 7) is 2.85. The molecular formula is C26H26FNO3. The molecule has 0 bridgehead atoms. The fourth-order valence-corrected chi connectivity index (χ4v) is 3.60. The van der Waals surface area contributed by atoms with Crippen LogP contribution in [0.1, 0.15) is 29.5 Å². The average Bonchev–Trinajstić information content (AvgIpc) is 2.83. The largest absolute Gasteiger partial charge is 0.497 e. The summed E-state index contributed by atoms with van der Waals surface area (Å²) in [4.78, 5) is 4.56. The lowest BCUT2D eigenvalue weighted by atomic mass is 9.89. The predicted molar refractivity (Wildman–Crippen MR) is 120 cm³/mol. The highest BCUT2D eigenvalue weighted by atomic mass is 19.1. The number of methoxy groups -OCH3 is 1. The van der Waals surface area contributed by atoms with Gasteiger partial charge in [0.15, 0.2) is 0 Å². The lowest BCUT2D eigenvalue weighted by molar-refractivity contribution is 0.0215. The summed E-state index contributed by atoms with van der Waals surface area (Å²) in [5.74, 6) is 1.13. The molecule has 1 aliphatic rings. The van der Waals surface area contributed by atoms with Crippen LogP contribution >= 0.6 is 0 Å². The van der Waals surface area contributed by atoms with E-state index in [2.05, 4.69) is 4.99 Å². The minimum absolute atomic E-state index is 0.0104. The molecule has 0 spiro atoms. The summed E-state index contributed by atoms with van der Waals surface area (Å²) >= 11 is 0. The molecule has 4 rings (SSSR count). The molecule has 0 saturated carbocycles. The Morgan fingerprint density at radius 1 is 1.03 bits per heavy atom. The number of hydrogen-bond acceptors (Lipinski definition) is 4. The Morgan fingerprint density at radius 3 is 2.55 bits per heavy atom. The van der Waals surface area contributed by atoms with Gasteiger partial charge >= 0.3 is 0 Å². The Labute approximate surface area is 182 Å². The van der Waals surface area contributed by atoms with Crippen LogP contribution in [-0.4, -0.2) is 26.0 Å². The second kappa shape index (κ2) is 9.75. The molecule has 4 nitrogen and oxygen atoms in total. The molecular weight excluding hydrogens is 393 g/mol. The van der Waals surface area contributed by atoms with Gasteiger partial charge < -0.3 is 14.2 Å². The standard InChI is InChI=1S/C26H26FNO3/c1-18(30-17-19-6-4-3-5-7-19)16-31-25-13-12-24(27)23-14-21(15-28-26(23)25)20-8-10-22(29-2)11-9-20/h3-13,15,18,21H,14,16-17H2,1-2H3. The molecule has 3 aromatic carbocycles. The van der Waals surface area contributed by atoms with Crippen LogP contribution in [0.15, 0.2) is 71.7 Å². The number of aliphatic imine (C=N–C) groups is 1. The van der Waals surface area contributed by atoms with Gasteiger partial charge in [0.1, 0.15) is 29.6 Å². The van der Waals surface area contributed by atoms with Crippen LogP contribution in [0.2, 0.25) is 0 Å². The number of halogens is 1. The highest BCUT2D eigenvalue weighted by Crippen LogP contribution is 2.39. The van der Waals surface area contributed by atoms with Gasteiger partial charge in [-0.05, 0) is 48.7 Å². The summed E-state index contributed by atoms with van der Waals surface area (Å²) in [5, 5.41) is 0. The molecule has 0 N–H and O–H groups in total. The molecule has 0 radical (unpaired) electrons. The van der Waals surface area contributed by atoms with Gasteiger partial charge in [-0.25, -0.2) is 4.39 Å². The van der Waals surface area contributed by atoms with Crippen molar-refractivity contribution in [3.63, 3.8) is 0 Å². The van der Waals surface area contributed by atoms with E-state index >= 15 is 0 Å². The molecule has 31 heavy (non-hydrogen) atoms. The van der Waals surface area contributed by atoms with Crippen LogP contribution in [0.5, 0.6) is 11.5 Å². The zero-order chi connectivity index (χ0) is 21.6. The van der Waals surface area contributed by atoms with Crippen LogP contribution in [-0.2, 0) is 17.8 Å². The molecule has 2 unspecified atom stereocenters. The van der Waals surface area contributed by atoms with Crippen LogP contribution < -0.4 is 9.47 Å². The third-order valence-corrected chi connectivity index (χ3v) is 5.39. The Morgan fingerprint density at radius 2 is 1.81 bits per heavy atom. The Hall–Kier alpha value is -3.18. The molecule has 2 atom stereocenters. The lowest BCUT2D eigenvalue weighted by Gasteiger charge is -2.22. The third-order valence-electron chi connectivity index (χ3n) is 5.39. The van der Waals surface area contributed by atoms with Gasteiger partial charge in [0.2, 0.25) is 0 Å². The van der Waals surface area contributed by atoms with E-state index in [1.807, 2.05) is 67.7 Å². The van der Waals surface area contributed by atoms with Gasteiger partial charge in [0.05, 0.1) is 19.8 Å². The normalized spacial score (nSPS) is 15.9. The molecule has 5 heteroatoms. The number of fused-ring (bicyclic) bond motifs is 1. The van der Waals surface area contributed by atoms with Crippen LogP contribution in [0.25, 0.3) is 0 Å². The van der Waals surface area contributed by atoms with E-state index in [-0.39, 0.29) is 17.8 Å². The quantitative estimate of drug-likeness (QED) is 0.459. The summed E-state index contributed by atoms with van der Waals surface area (Å²) in [6.07, 6.45) is 2.29. The summed E-state index contributed by atoms with van der Waals surface area (Å²) in [7, 11) is 1.64. The average molecular weight is 419 g/mol. The maximum atomic E-state index is 14.6. The van der Waals surface area contributed by atoms with Crippen molar-refractivity contribution in [2.75, 3.05) is 13.7 Å². The first-order valence-electron chi connectivity index (χ1n) is 10.4. The zero-order valence-corrected chi connectivity index (χ0v) is 17.8. The van der Waals surface area contributed by atoms with E-state index in [0.29, 0.717) is 36.6 Å². The molecule has 3 aromatic rings. The summed E-state index contributed by atoms with van der Waals surface area (Å²) < 4.78 is 31.6. The Balaban J connectivity index is 1.41. The van der Waals surface area contributed by atoms with Crippen LogP contribution in [0.4, 0.5) is 10.1 Å². The molecule has 1 aliphatic heterocycles. The Bertz CT molecular complexity index is 1030. The van der Waals surface area contributed by atoms with Gasteiger partial charge in [-0.3, -0.25) is 4.99 Å². The second-order valence-electron chi connectivity index (χ2n) is 7.65. The molecule has 0 aliphatic carbocycles. The van der Waals surface area contributed by atoms with Crippen molar-refractivity contribution in [1.29, 1.82) is 0 Å². The van der Waals surface area contributed by atoms with E-state index < -0.39 is 0 Å². The van der Waals surface area contributed by atoms with Gasteiger partial charge in [-0.15, -0.1) is 0 Å². The summed E-state index contributed by atoms with van der Waals surface area (Å²) in [6, 6.07) is 20.9. The number of hydrogen-bond donors (Lipinski definition) is 0. The van der Waals surface area contributed by atoms with Gasteiger partial charge in [0.25, 0.3) is 0 Å². The van der Waals surface area contributed by atoms with Crippen molar-refractivity contribution in [3.05, 3.63) is 89.2 Å². The van der Waals surface area contributed by atoms with E-state index in [1.165, 1.54) is 6.07 Å². The third kappa shape index (κ3) is 5.12. The van der Waals surface area contributed by atoms with Gasteiger partial charge in [-0.1, -0.05) is 42.5 Å². The van der Waals surface area contributed by atoms with E-state index in [0.717, 1.165) is 16.9 Å². The predicted octanol–water partition coefficient (Wildman–Crippen LogP) is 5.86. The first-order valence-corrected chi connectivity index (χ1v) is 10.4. The van der Waals surface area contributed by atoms with Crippen LogP contribution in [0.3, 0.4) is 0 Å². The van der Waals surface area contributed by atoms with Crippen molar-refractivity contribution in [1.82, 2.24) is 0 Å². The fraction of sp³-hybridized carbons (Fsp3) is 0.269. The smallest absolute Gasteiger partial charge is 0.145 e. The molecule has 0 fully saturated rings. The van der Waals surface area contributed by atoms with Crippen LogP contribution in [0, 0.1) is 5.82 Å². The van der Waals surface area contributed by atoms with Gasteiger partial charge in [-0.2, -0.15) is 0 Å². The molecule has 160 valence electrons. The highest BCUT2D eigenvalue weighted by molar-refractivity contribution is 5.78. The maximum Gasteiger partial charge on any atom is 0.145 e. The van der Waals surface area contributed by atoms with Crippen molar-refractivity contribution >= 4 is 11.9 Å². The number of rotatable bonds is 8. The second-order valence-corrected chi connectivity index (χ2v) is 7.65. The zero-order valence-electron chi connectivity index (χ0n) is 17.8. The van der Waals surface area contributed by atoms with Crippen molar-refractivity contribution in [2.24, 2.45) is 4.99 Å². The van der Waals surface area contributed by atoms with E-state index in [1.54, 1.807) is 13.2 Å². The molecule has 1 heterocycles. The van der Waals surface area contributed by atoms with Crippen molar-refractivity contribution < 1.29 is 18.6 Å². The van der Waals surface area contributed by atoms with Crippen molar-refractivity contribution in [2.45, 2.75) is 32.0 Å². The first-order chi connectivity index (χ1) is 15.1. The SMILES string of the molecule is COc1ccc(C2C=Nc3c(OCC(C)OCc4ccccc4)ccc(F)c3C2)cc1. The number of nitrogens with zero attached hydrogens (tertiary/aromatic N) is 1. The van der Waals surface area contributed by atoms with E-state index in [4.69, 9.17) is 14.2 Å². The fourth-order valence-electron chi connectivity index (χ4n) is 3.60. The first kappa shape index (κ1) is 21.1. The Kier molecular flexibility index (Phi) is 6.63. The minimum Gasteiger partial charge on any atom is -0.497 e. The minimum atomic E-state index is -0.258. The van der Waals surface area contributed by atoms with E-state index in [9.17, 15) is 4.39 Å². The summed E-state index contributed by atoms with van der Waals surface area (Å²) in [5.41, 5.74) is 3.34. The van der Waals surface area contributed by atoms with Crippen molar-refractivity contribution in [3.8, 4) is 11.5 Å². The highest BCUT2D eigenvalue weighted by Gasteiger charge is 2.23. The molecule has 0 amide bonds. The molecule has 0 aromatic heterocycles. The van der Waals surface area contributed by atoms with Gasteiger partial charge in [0, 0.05) is 17.7 Å². The lowest BCUT2D eigenvalue weighted by Crippen LogP contribution is -2.18.